The maximum atomic E-state index is 12.0. The number of azo groups is 2. The van der Waals surface area contributed by atoms with Crippen LogP contribution in [-0.2, 0) is 20.2 Å². The Kier molecular flexibility index (Phi) is 9.56. The van der Waals surface area contributed by atoms with Crippen molar-refractivity contribution in [1.29, 1.82) is 0 Å². The molecule has 0 amide bonds. The second-order valence-corrected chi connectivity index (χ2v) is 12.9. The Labute approximate surface area is 291 Å². The number of fused-ring (bicyclic) bond motifs is 2. The van der Waals surface area contributed by atoms with E-state index in [0.717, 1.165) is 11.1 Å². The van der Waals surface area contributed by atoms with Gasteiger partial charge in [-0.1, -0.05) is 72.8 Å². The summed E-state index contributed by atoms with van der Waals surface area (Å²) in [7, 11) is -9.07. The first-order valence-corrected chi connectivity index (χ1v) is 16.4. The molecule has 0 spiro atoms. The molecule has 15 heteroatoms. The van der Waals surface area contributed by atoms with Crippen molar-refractivity contribution in [3.05, 3.63) is 109 Å². The Bertz CT molecular complexity index is 2260. The van der Waals surface area contributed by atoms with E-state index >= 15 is 0 Å². The van der Waals surface area contributed by atoms with E-state index in [4.69, 9.17) is 11.5 Å². The van der Waals surface area contributed by atoms with Crippen molar-refractivity contribution >= 4 is 105 Å². The van der Waals surface area contributed by atoms with E-state index < -0.39 is 20.2 Å². The van der Waals surface area contributed by atoms with Gasteiger partial charge in [0, 0.05) is 21.5 Å². The molecular weight excluding hydrogens is 652 g/mol. The molecule has 0 heterocycles. The van der Waals surface area contributed by atoms with Gasteiger partial charge in [-0.15, -0.1) is 10.2 Å². The summed E-state index contributed by atoms with van der Waals surface area (Å²) in [5.41, 5.74) is 15.8. The van der Waals surface area contributed by atoms with Gasteiger partial charge in [0.1, 0.15) is 21.2 Å². The van der Waals surface area contributed by atoms with Gasteiger partial charge in [-0.05, 0) is 47.5 Å². The minimum absolute atomic E-state index is 0. The third-order valence-corrected chi connectivity index (χ3v) is 9.01. The van der Waals surface area contributed by atoms with Crippen LogP contribution in [0.2, 0.25) is 0 Å². The molecule has 0 aliphatic heterocycles. The van der Waals surface area contributed by atoms with Crippen molar-refractivity contribution in [2.45, 2.75) is 9.79 Å². The standard InChI is InChI=1S/C32H24N6O6S2.Na.H/c33-31-25-7-3-1-5-23(25)29(45(39,40)41)17-27(31)37-35-21-13-9-19(10-14-21)20-11-15-22(16-12-20)36-38-28-18-30(46(42,43)44)24-6-2-4-8-26(24)32(28)34;;/h1-18H,33-34H2,(H,39,40,41)(H,42,43,44);;. The quantitative estimate of drug-likeness (QED) is 0.0574. The summed E-state index contributed by atoms with van der Waals surface area (Å²) >= 11 is 0. The fourth-order valence-corrected chi connectivity index (χ4v) is 6.39. The molecule has 0 atom stereocenters. The summed E-state index contributed by atoms with van der Waals surface area (Å²) in [6.45, 7) is 0. The average Bonchev–Trinajstić information content (AvgIpc) is 3.04. The molecule has 0 unspecified atom stereocenters. The zero-order chi connectivity index (χ0) is 32.6. The molecule has 0 aliphatic carbocycles. The normalized spacial score (nSPS) is 12.2. The molecule has 0 radical (unpaired) electrons. The number of hydrogen-bond acceptors (Lipinski definition) is 10. The van der Waals surface area contributed by atoms with Gasteiger partial charge in [-0.3, -0.25) is 9.11 Å². The molecule has 0 saturated carbocycles. The van der Waals surface area contributed by atoms with E-state index in [2.05, 4.69) is 20.5 Å². The van der Waals surface area contributed by atoms with Crippen LogP contribution in [0.5, 0.6) is 0 Å². The van der Waals surface area contributed by atoms with Crippen LogP contribution < -0.4 is 11.5 Å². The molecule has 0 saturated heterocycles. The Morgan fingerprint density at radius 3 is 1.11 bits per heavy atom. The summed E-state index contributed by atoms with van der Waals surface area (Å²) in [6, 6.07) is 29.6. The molecule has 0 fully saturated rings. The first-order chi connectivity index (χ1) is 21.9. The molecule has 0 aromatic heterocycles. The van der Waals surface area contributed by atoms with Crippen molar-refractivity contribution in [1.82, 2.24) is 0 Å². The Hall–Kier alpha value is -4.54. The number of hydrogen-bond donors (Lipinski definition) is 4. The maximum absolute atomic E-state index is 12.0. The fraction of sp³-hybridized carbons (Fsp3) is 0. The zero-order valence-electron chi connectivity index (χ0n) is 23.7. The number of benzene rings is 6. The van der Waals surface area contributed by atoms with Gasteiger partial charge < -0.3 is 11.5 Å². The van der Waals surface area contributed by atoms with E-state index in [1.165, 1.54) is 12.1 Å². The van der Waals surface area contributed by atoms with E-state index in [1.54, 1.807) is 72.8 Å². The van der Waals surface area contributed by atoms with Gasteiger partial charge in [-0.2, -0.15) is 27.1 Å². The van der Waals surface area contributed by atoms with Crippen molar-refractivity contribution in [2.75, 3.05) is 11.5 Å². The molecule has 6 rings (SSSR count). The predicted molar refractivity (Wildman–Crippen MR) is 184 cm³/mol. The number of rotatable bonds is 7. The van der Waals surface area contributed by atoms with Gasteiger partial charge in [-0.25, -0.2) is 0 Å². The SMILES string of the molecule is Nc1c(N=Nc2ccc(-c3ccc(N=Nc4cc(S(=O)(=O)O)c5ccccc5c4N)cc3)cc2)cc(S(=O)(=O)O)c2ccccc12.[NaH]. The summed E-state index contributed by atoms with van der Waals surface area (Å²) < 4.78 is 67.4. The van der Waals surface area contributed by atoms with Crippen LogP contribution in [0.3, 0.4) is 0 Å². The van der Waals surface area contributed by atoms with E-state index in [0.29, 0.717) is 22.1 Å². The molecule has 0 aliphatic rings. The molecule has 6 N–H and O–H groups in total. The van der Waals surface area contributed by atoms with E-state index in [9.17, 15) is 25.9 Å². The molecule has 6 aromatic carbocycles. The van der Waals surface area contributed by atoms with E-state index in [1.807, 2.05) is 24.3 Å². The number of nitrogens with two attached hydrogens (primary N) is 2. The molecular formula is C32H25N6NaO6S2. The van der Waals surface area contributed by atoms with Crippen LogP contribution in [0.15, 0.2) is 139 Å². The zero-order valence-corrected chi connectivity index (χ0v) is 25.3. The predicted octanol–water partition coefficient (Wildman–Crippen LogP) is 7.50. The summed E-state index contributed by atoms with van der Waals surface area (Å²) in [6.07, 6.45) is 0. The van der Waals surface area contributed by atoms with Crippen LogP contribution >= 0.6 is 0 Å². The third kappa shape index (κ3) is 7.08. The Morgan fingerprint density at radius 1 is 0.468 bits per heavy atom. The Balaban J connectivity index is 0.00000433. The average molecular weight is 677 g/mol. The molecule has 6 aromatic rings. The van der Waals surface area contributed by atoms with Gasteiger partial charge in [0.25, 0.3) is 20.2 Å². The van der Waals surface area contributed by atoms with Crippen LogP contribution in [0.25, 0.3) is 32.7 Å². The van der Waals surface area contributed by atoms with Crippen molar-refractivity contribution in [2.24, 2.45) is 20.5 Å². The van der Waals surface area contributed by atoms with Gasteiger partial charge in [0.15, 0.2) is 0 Å². The number of nitrogens with zero attached hydrogens (tertiary/aromatic N) is 4. The summed E-state index contributed by atoms with van der Waals surface area (Å²) in [5.74, 6) is 0. The van der Waals surface area contributed by atoms with Crippen molar-refractivity contribution in [3.63, 3.8) is 0 Å². The monoisotopic (exact) mass is 676 g/mol. The van der Waals surface area contributed by atoms with Crippen LogP contribution in [0, 0.1) is 0 Å². The molecule has 12 nitrogen and oxygen atoms in total. The molecule has 47 heavy (non-hydrogen) atoms. The van der Waals surface area contributed by atoms with Crippen molar-refractivity contribution < 1.29 is 25.9 Å². The fourth-order valence-electron chi connectivity index (χ4n) is 4.96. The van der Waals surface area contributed by atoms with Gasteiger partial charge in [0.2, 0.25) is 0 Å². The van der Waals surface area contributed by atoms with E-state index in [-0.39, 0.29) is 72.9 Å². The number of nitrogen functional groups attached to an aromatic ring is 2. The first kappa shape index (κ1) is 33.8. The summed E-state index contributed by atoms with van der Waals surface area (Å²) in [4.78, 5) is -0.624. The van der Waals surface area contributed by atoms with Crippen LogP contribution in [0.1, 0.15) is 0 Å². The van der Waals surface area contributed by atoms with Crippen molar-refractivity contribution in [3.8, 4) is 11.1 Å². The van der Waals surface area contributed by atoms with Crippen LogP contribution in [0.4, 0.5) is 34.1 Å². The Morgan fingerprint density at radius 2 is 0.787 bits per heavy atom. The second-order valence-electron chi connectivity index (χ2n) is 10.2. The minimum atomic E-state index is -4.53. The first-order valence-electron chi connectivity index (χ1n) is 13.5. The van der Waals surface area contributed by atoms with Gasteiger partial charge >= 0.3 is 29.6 Å². The topological polar surface area (TPSA) is 210 Å². The second kappa shape index (κ2) is 13.3. The van der Waals surface area contributed by atoms with Crippen LogP contribution in [-0.4, -0.2) is 55.5 Å². The number of anilines is 2. The molecule has 232 valence electrons. The van der Waals surface area contributed by atoms with Gasteiger partial charge in [0.05, 0.1) is 22.7 Å². The third-order valence-electron chi connectivity index (χ3n) is 7.22. The summed E-state index contributed by atoms with van der Waals surface area (Å²) in [5, 5.41) is 18.1. The molecule has 0 bridgehead atoms.